The van der Waals surface area contributed by atoms with Gasteiger partial charge < -0.3 is 34.6 Å². The van der Waals surface area contributed by atoms with Crippen LogP contribution in [0.25, 0.3) is 9.40 Å². The van der Waals surface area contributed by atoms with Crippen LogP contribution in [0.5, 0.6) is 11.5 Å². The van der Waals surface area contributed by atoms with E-state index in [1.165, 1.54) is 21.4 Å². The second kappa shape index (κ2) is 8.80. The van der Waals surface area contributed by atoms with Crippen LogP contribution in [-0.2, 0) is 11.2 Å². The van der Waals surface area contributed by atoms with Gasteiger partial charge in [0.2, 0.25) is 0 Å². The van der Waals surface area contributed by atoms with E-state index in [1.54, 1.807) is 35.8 Å². The van der Waals surface area contributed by atoms with Gasteiger partial charge in [-0.3, -0.25) is 0 Å². The van der Waals surface area contributed by atoms with Crippen LogP contribution < -0.4 is 9.47 Å². The van der Waals surface area contributed by atoms with Gasteiger partial charge in [-0.15, -0.1) is 22.7 Å². The van der Waals surface area contributed by atoms with Crippen LogP contribution >= 0.6 is 22.7 Å². The zero-order valence-corrected chi connectivity index (χ0v) is 18.2. The first kappa shape index (κ1) is 21.5. The van der Waals surface area contributed by atoms with Gasteiger partial charge in [-0.2, -0.15) is 0 Å². The molecule has 1 saturated heterocycles. The Bertz CT molecular complexity index is 984. The number of methoxy groups -OCH3 is 2. The maximum absolute atomic E-state index is 10.6. The molecule has 1 aliphatic rings. The summed E-state index contributed by atoms with van der Waals surface area (Å²) in [7, 11) is 3.08. The van der Waals surface area contributed by atoms with E-state index in [2.05, 4.69) is 17.5 Å². The van der Waals surface area contributed by atoms with Gasteiger partial charge in [-0.05, 0) is 29.1 Å². The molecular formula is C21H24O7S2. The number of benzene rings is 1. The van der Waals surface area contributed by atoms with Crippen LogP contribution in [0.2, 0.25) is 0 Å². The summed E-state index contributed by atoms with van der Waals surface area (Å²) in [6, 6.07) is 7.79. The van der Waals surface area contributed by atoms with E-state index in [-0.39, 0.29) is 0 Å². The molecule has 1 fully saturated rings. The van der Waals surface area contributed by atoms with E-state index in [4.69, 9.17) is 14.2 Å². The van der Waals surface area contributed by atoms with Gasteiger partial charge in [-0.25, -0.2) is 0 Å². The second-order valence-electron chi connectivity index (χ2n) is 7.21. The Balaban J connectivity index is 1.73. The van der Waals surface area contributed by atoms with Crippen molar-refractivity contribution in [1.29, 1.82) is 0 Å². The van der Waals surface area contributed by atoms with E-state index in [0.717, 1.165) is 5.56 Å². The number of thiophene rings is 2. The van der Waals surface area contributed by atoms with Gasteiger partial charge >= 0.3 is 0 Å². The second-order valence-corrected chi connectivity index (χ2v) is 9.52. The quantitative estimate of drug-likeness (QED) is 0.453. The van der Waals surface area contributed by atoms with Gasteiger partial charge in [0.05, 0.1) is 24.8 Å². The predicted octanol–water partition coefficient (Wildman–Crippen LogP) is 2.09. The Kier molecular flexibility index (Phi) is 6.31. The van der Waals surface area contributed by atoms with Crippen LogP contribution in [0.15, 0.2) is 29.6 Å². The van der Waals surface area contributed by atoms with Crippen LogP contribution in [-0.4, -0.2) is 65.7 Å². The molecule has 4 rings (SSSR count). The summed E-state index contributed by atoms with van der Waals surface area (Å²) in [5.41, 5.74) is 1.39. The topological polar surface area (TPSA) is 109 Å². The highest BCUT2D eigenvalue weighted by molar-refractivity contribution is 7.37. The highest BCUT2D eigenvalue weighted by atomic mass is 32.2. The summed E-state index contributed by atoms with van der Waals surface area (Å²) < 4.78 is 18.1. The number of hydrogen-bond donors (Lipinski definition) is 4. The Morgan fingerprint density at radius 1 is 1.00 bits per heavy atom. The molecule has 3 aromatic rings. The fraction of sp³-hybridized carbons (Fsp3) is 0.429. The van der Waals surface area contributed by atoms with Crippen molar-refractivity contribution in [3.05, 3.63) is 45.6 Å². The SMILES string of the molecule is COc1cc(OC)c(C2OC(CO)[C@@H](O)C(O)[C@H]2O)cc1Cc1cc2ccsc2s1. The van der Waals surface area contributed by atoms with Crippen molar-refractivity contribution in [2.75, 3.05) is 20.8 Å². The van der Waals surface area contributed by atoms with Gasteiger partial charge in [-0.1, -0.05) is 0 Å². The first-order valence-electron chi connectivity index (χ1n) is 9.48. The smallest absolute Gasteiger partial charge is 0.128 e. The Morgan fingerprint density at radius 3 is 2.43 bits per heavy atom. The molecule has 1 aliphatic heterocycles. The molecule has 30 heavy (non-hydrogen) atoms. The molecule has 0 aliphatic carbocycles. The lowest BCUT2D eigenvalue weighted by molar-refractivity contribution is -0.232. The van der Waals surface area contributed by atoms with Crippen LogP contribution in [0, 0.1) is 0 Å². The standard InChI is InChI=1S/C21H24O7S2/c1-26-14-8-15(27-2)13(20-19(25)18(24)17(23)16(9-22)28-20)7-11(14)6-12-5-10-3-4-29-21(10)30-12/h3-5,7-8,16-20,22-25H,6,9H2,1-2H3/t16?,17-,18?,19-,20?/m1/s1. The molecule has 0 bridgehead atoms. The third-order valence-electron chi connectivity index (χ3n) is 5.39. The highest BCUT2D eigenvalue weighted by Crippen LogP contribution is 2.41. The van der Waals surface area contributed by atoms with E-state index in [1.807, 2.05) is 6.07 Å². The van der Waals surface area contributed by atoms with Crippen LogP contribution in [0.4, 0.5) is 0 Å². The largest absolute Gasteiger partial charge is 0.496 e. The zero-order chi connectivity index (χ0) is 21.4. The minimum atomic E-state index is -1.46. The Labute approximate surface area is 181 Å². The number of aliphatic hydroxyl groups is 4. The van der Waals surface area contributed by atoms with Crippen molar-refractivity contribution in [2.24, 2.45) is 0 Å². The lowest BCUT2D eigenvalue weighted by atomic mass is 9.89. The van der Waals surface area contributed by atoms with Crippen molar-refractivity contribution in [3.8, 4) is 11.5 Å². The molecule has 4 N–H and O–H groups in total. The summed E-state index contributed by atoms with van der Waals surface area (Å²) >= 11 is 3.42. The molecule has 0 saturated carbocycles. The van der Waals surface area contributed by atoms with Crippen LogP contribution in [0.1, 0.15) is 22.1 Å². The lowest BCUT2D eigenvalue weighted by Crippen LogP contribution is -2.55. The number of aliphatic hydroxyl groups excluding tert-OH is 4. The maximum Gasteiger partial charge on any atom is 0.128 e. The molecule has 9 heteroatoms. The highest BCUT2D eigenvalue weighted by Gasteiger charge is 2.45. The molecule has 3 heterocycles. The average Bonchev–Trinajstić information content (AvgIpc) is 3.34. The summed E-state index contributed by atoms with van der Waals surface area (Å²) in [5, 5.41) is 43.6. The third-order valence-corrected chi connectivity index (χ3v) is 7.60. The molecule has 2 aromatic heterocycles. The van der Waals surface area contributed by atoms with E-state index in [9.17, 15) is 20.4 Å². The van der Waals surface area contributed by atoms with Crippen LogP contribution in [0.3, 0.4) is 0 Å². The zero-order valence-electron chi connectivity index (χ0n) is 16.5. The molecule has 5 atom stereocenters. The van der Waals surface area contributed by atoms with Crippen molar-refractivity contribution >= 4 is 32.1 Å². The fourth-order valence-corrected chi connectivity index (χ4v) is 5.98. The normalized spacial score (nSPS) is 26.8. The van der Waals surface area contributed by atoms with Gasteiger partial charge in [0.25, 0.3) is 0 Å². The molecule has 1 aromatic carbocycles. The Hall–Kier alpha value is -1.72. The predicted molar refractivity (Wildman–Crippen MR) is 115 cm³/mol. The van der Waals surface area contributed by atoms with E-state index >= 15 is 0 Å². The van der Waals surface area contributed by atoms with E-state index < -0.39 is 37.1 Å². The monoisotopic (exact) mass is 452 g/mol. The summed E-state index contributed by atoms with van der Waals surface area (Å²) in [6.45, 7) is -0.487. The van der Waals surface area contributed by atoms with Gasteiger partial charge in [0.1, 0.15) is 42.0 Å². The first-order chi connectivity index (χ1) is 14.5. The first-order valence-corrected chi connectivity index (χ1v) is 11.2. The van der Waals surface area contributed by atoms with Crippen molar-refractivity contribution in [1.82, 2.24) is 0 Å². The molecule has 7 nitrogen and oxygen atoms in total. The molecule has 0 amide bonds. The minimum absolute atomic E-state index is 0.423. The minimum Gasteiger partial charge on any atom is -0.496 e. The lowest BCUT2D eigenvalue weighted by Gasteiger charge is -2.40. The van der Waals surface area contributed by atoms with E-state index in [0.29, 0.717) is 23.5 Å². The molecule has 0 spiro atoms. The molecule has 162 valence electrons. The van der Waals surface area contributed by atoms with Gasteiger partial charge in [0, 0.05) is 28.3 Å². The fourth-order valence-electron chi connectivity index (χ4n) is 3.80. The summed E-state index contributed by atoms with van der Waals surface area (Å²) in [6.07, 6.45) is -5.61. The average molecular weight is 453 g/mol. The number of rotatable bonds is 6. The number of ether oxygens (including phenoxy) is 3. The molecule has 3 unspecified atom stereocenters. The summed E-state index contributed by atoms with van der Waals surface area (Å²) in [5.74, 6) is 1.06. The molecule has 0 radical (unpaired) electrons. The van der Waals surface area contributed by atoms with Crippen molar-refractivity contribution < 1.29 is 34.6 Å². The number of fused-ring (bicyclic) bond motifs is 1. The number of hydrogen-bond acceptors (Lipinski definition) is 9. The van der Waals surface area contributed by atoms with Crippen molar-refractivity contribution in [3.63, 3.8) is 0 Å². The molecular weight excluding hydrogens is 428 g/mol. The third kappa shape index (κ3) is 3.82. The maximum atomic E-state index is 10.6. The van der Waals surface area contributed by atoms with Crippen molar-refractivity contribution in [2.45, 2.75) is 36.9 Å². The Morgan fingerprint density at radius 2 is 1.77 bits per heavy atom. The summed E-state index contributed by atoms with van der Waals surface area (Å²) in [4.78, 5) is 1.17. The van der Waals surface area contributed by atoms with Gasteiger partial charge in [0.15, 0.2) is 0 Å².